The van der Waals surface area contributed by atoms with E-state index in [0.29, 0.717) is 0 Å². The van der Waals surface area contributed by atoms with Crippen molar-refractivity contribution in [3.63, 3.8) is 0 Å². The molecule has 0 radical (unpaired) electrons. The number of carbonyl (C=O) groups is 1. The molecule has 1 aromatic rings. The van der Waals surface area contributed by atoms with Crippen LogP contribution in [0.4, 0.5) is 5.69 Å². The number of anilines is 1. The molecule has 2 N–H and O–H groups in total. The Labute approximate surface area is 110 Å². The van der Waals surface area contributed by atoms with Crippen molar-refractivity contribution >= 4 is 11.6 Å². The molecule has 0 aromatic heterocycles. The van der Waals surface area contributed by atoms with Gasteiger partial charge >= 0.3 is 0 Å². The zero-order valence-electron chi connectivity index (χ0n) is 12.1. The van der Waals surface area contributed by atoms with Crippen molar-refractivity contribution < 1.29 is 4.79 Å². The summed E-state index contributed by atoms with van der Waals surface area (Å²) in [6.45, 7) is 8.24. The quantitative estimate of drug-likeness (QED) is 0.839. The number of benzene rings is 1. The first-order valence-electron chi connectivity index (χ1n) is 6.56. The molecule has 0 saturated carbocycles. The van der Waals surface area contributed by atoms with E-state index in [-0.39, 0.29) is 11.4 Å². The van der Waals surface area contributed by atoms with Crippen LogP contribution in [0.15, 0.2) is 18.2 Å². The first-order chi connectivity index (χ1) is 8.45. The summed E-state index contributed by atoms with van der Waals surface area (Å²) in [7, 11) is 1.87. The highest BCUT2D eigenvalue weighted by Crippen LogP contribution is 2.18. The third-order valence-electron chi connectivity index (χ3n) is 3.74. The van der Waals surface area contributed by atoms with Gasteiger partial charge in [-0.25, -0.2) is 0 Å². The van der Waals surface area contributed by atoms with E-state index < -0.39 is 0 Å². The molecule has 0 saturated heterocycles. The van der Waals surface area contributed by atoms with Crippen molar-refractivity contribution in [2.75, 3.05) is 12.4 Å². The van der Waals surface area contributed by atoms with Crippen LogP contribution in [-0.2, 0) is 0 Å². The highest BCUT2D eigenvalue weighted by Gasteiger charge is 2.23. The molecule has 18 heavy (non-hydrogen) atoms. The molecule has 0 atom stereocenters. The van der Waals surface area contributed by atoms with E-state index in [2.05, 4.69) is 31.4 Å². The second-order valence-electron chi connectivity index (χ2n) is 5.00. The van der Waals surface area contributed by atoms with E-state index in [1.165, 1.54) is 0 Å². The number of rotatable bonds is 5. The van der Waals surface area contributed by atoms with E-state index in [4.69, 9.17) is 0 Å². The van der Waals surface area contributed by atoms with E-state index in [9.17, 15) is 4.79 Å². The van der Waals surface area contributed by atoms with Crippen LogP contribution in [0.1, 0.15) is 49.5 Å². The zero-order valence-corrected chi connectivity index (χ0v) is 12.1. The summed E-state index contributed by atoms with van der Waals surface area (Å²) in [5, 5.41) is 6.20. The Morgan fingerprint density at radius 3 is 2.33 bits per heavy atom. The van der Waals surface area contributed by atoms with E-state index in [1.807, 2.05) is 32.2 Å². The maximum atomic E-state index is 12.3. The topological polar surface area (TPSA) is 41.1 Å². The molecule has 0 unspecified atom stereocenters. The summed E-state index contributed by atoms with van der Waals surface area (Å²) in [6, 6.07) is 5.80. The van der Waals surface area contributed by atoms with Crippen LogP contribution in [0.25, 0.3) is 0 Å². The molecular weight excluding hydrogens is 224 g/mol. The standard InChI is InChI=1S/C15H24N2O/c1-6-15(4,7-2)17-14(18)13-9-8-12(16-5)10-11(13)3/h8-10,16H,6-7H2,1-5H3,(H,17,18). The molecule has 3 heteroatoms. The van der Waals surface area contributed by atoms with Crippen LogP contribution in [0.2, 0.25) is 0 Å². The van der Waals surface area contributed by atoms with Crippen molar-refractivity contribution in [2.45, 2.75) is 46.1 Å². The maximum absolute atomic E-state index is 12.3. The Morgan fingerprint density at radius 1 is 1.28 bits per heavy atom. The highest BCUT2D eigenvalue weighted by molar-refractivity contribution is 5.96. The molecule has 1 rings (SSSR count). The minimum atomic E-state index is -0.120. The SMILES string of the molecule is CCC(C)(CC)NC(=O)c1ccc(NC)cc1C. The van der Waals surface area contributed by atoms with Crippen LogP contribution in [-0.4, -0.2) is 18.5 Å². The Bertz CT molecular complexity index is 423. The molecule has 100 valence electrons. The molecule has 0 bridgehead atoms. The molecule has 1 amide bonds. The van der Waals surface area contributed by atoms with Crippen LogP contribution >= 0.6 is 0 Å². The molecule has 1 aromatic carbocycles. The molecule has 3 nitrogen and oxygen atoms in total. The highest BCUT2D eigenvalue weighted by atomic mass is 16.1. The lowest BCUT2D eigenvalue weighted by atomic mass is 9.94. The number of nitrogens with one attached hydrogen (secondary N) is 2. The molecule has 0 aliphatic rings. The van der Waals surface area contributed by atoms with Gasteiger partial charge in [0.1, 0.15) is 0 Å². The molecule has 0 aliphatic heterocycles. The fourth-order valence-electron chi connectivity index (χ4n) is 1.84. The fourth-order valence-corrected chi connectivity index (χ4v) is 1.84. The van der Waals surface area contributed by atoms with Gasteiger partial charge in [-0.15, -0.1) is 0 Å². The van der Waals surface area contributed by atoms with Crippen LogP contribution in [0, 0.1) is 6.92 Å². The maximum Gasteiger partial charge on any atom is 0.251 e. The predicted octanol–water partition coefficient (Wildman–Crippen LogP) is 3.35. The van der Waals surface area contributed by atoms with Crippen molar-refractivity contribution in [1.29, 1.82) is 0 Å². The molecular formula is C15H24N2O. The average molecular weight is 248 g/mol. The largest absolute Gasteiger partial charge is 0.388 e. The van der Waals surface area contributed by atoms with Gasteiger partial charge in [0.2, 0.25) is 0 Å². The zero-order chi connectivity index (χ0) is 13.8. The lowest BCUT2D eigenvalue weighted by Gasteiger charge is -2.28. The van der Waals surface area contributed by atoms with E-state index in [0.717, 1.165) is 29.7 Å². The summed E-state index contributed by atoms with van der Waals surface area (Å²) in [6.07, 6.45) is 1.87. The minimum absolute atomic E-state index is 0.0151. The molecule has 0 heterocycles. The van der Waals surface area contributed by atoms with Gasteiger partial charge in [-0.05, 0) is 50.5 Å². The van der Waals surface area contributed by atoms with Gasteiger partial charge in [-0.2, -0.15) is 0 Å². The number of aryl methyl sites for hydroxylation is 1. The minimum Gasteiger partial charge on any atom is -0.388 e. The second-order valence-corrected chi connectivity index (χ2v) is 5.00. The van der Waals surface area contributed by atoms with Crippen molar-refractivity contribution in [3.8, 4) is 0 Å². The van der Waals surface area contributed by atoms with Gasteiger partial charge in [0.25, 0.3) is 5.91 Å². The smallest absolute Gasteiger partial charge is 0.251 e. The van der Waals surface area contributed by atoms with Gasteiger partial charge in [-0.3, -0.25) is 4.79 Å². The van der Waals surface area contributed by atoms with Crippen LogP contribution in [0.5, 0.6) is 0 Å². The van der Waals surface area contributed by atoms with Gasteiger partial charge in [-0.1, -0.05) is 13.8 Å². The van der Waals surface area contributed by atoms with Crippen molar-refractivity contribution in [1.82, 2.24) is 5.32 Å². The van der Waals surface area contributed by atoms with Crippen molar-refractivity contribution in [2.24, 2.45) is 0 Å². The summed E-state index contributed by atoms with van der Waals surface area (Å²) in [5.74, 6) is 0.0151. The fraction of sp³-hybridized carbons (Fsp3) is 0.533. The molecule has 0 aliphatic carbocycles. The van der Waals surface area contributed by atoms with Crippen molar-refractivity contribution in [3.05, 3.63) is 29.3 Å². The Balaban J connectivity index is 2.91. The van der Waals surface area contributed by atoms with Gasteiger partial charge < -0.3 is 10.6 Å². The number of hydrogen-bond donors (Lipinski definition) is 2. The lowest BCUT2D eigenvalue weighted by molar-refractivity contribution is 0.0900. The molecule has 0 spiro atoms. The van der Waals surface area contributed by atoms with E-state index in [1.54, 1.807) is 0 Å². The summed E-state index contributed by atoms with van der Waals surface area (Å²) in [5.41, 5.74) is 2.65. The van der Waals surface area contributed by atoms with Crippen LogP contribution < -0.4 is 10.6 Å². The lowest BCUT2D eigenvalue weighted by Crippen LogP contribution is -2.45. The summed E-state index contributed by atoms with van der Waals surface area (Å²) >= 11 is 0. The van der Waals surface area contributed by atoms with Gasteiger partial charge in [0.15, 0.2) is 0 Å². The average Bonchev–Trinajstić information content (AvgIpc) is 2.38. The first kappa shape index (κ1) is 14.6. The Morgan fingerprint density at radius 2 is 1.89 bits per heavy atom. The number of amides is 1. The number of carbonyl (C=O) groups excluding carboxylic acids is 1. The summed E-state index contributed by atoms with van der Waals surface area (Å²) in [4.78, 5) is 12.3. The Hall–Kier alpha value is -1.51. The number of hydrogen-bond acceptors (Lipinski definition) is 2. The normalized spacial score (nSPS) is 11.2. The first-order valence-corrected chi connectivity index (χ1v) is 6.56. The predicted molar refractivity (Wildman–Crippen MR) is 77.2 cm³/mol. The molecule has 0 fully saturated rings. The third kappa shape index (κ3) is 3.25. The summed E-state index contributed by atoms with van der Waals surface area (Å²) < 4.78 is 0. The second kappa shape index (κ2) is 5.89. The van der Waals surface area contributed by atoms with Gasteiger partial charge in [0, 0.05) is 23.8 Å². The Kier molecular flexibility index (Phi) is 4.76. The van der Waals surface area contributed by atoms with Gasteiger partial charge in [0.05, 0.1) is 0 Å². The third-order valence-corrected chi connectivity index (χ3v) is 3.74. The van der Waals surface area contributed by atoms with E-state index >= 15 is 0 Å². The monoisotopic (exact) mass is 248 g/mol. The van der Waals surface area contributed by atoms with Crippen LogP contribution in [0.3, 0.4) is 0 Å².